The van der Waals surface area contributed by atoms with Crippen LogP contribution >= 0.6 is 0 Å². The molecule has 0 aliphatic heterocycles. The van der Waals surface area contributed by atoms with E-state index in [2.05, 4.69) is 31.4 Å². The summed E-state index contributed by atoms with van der Waals surface area (Å²) < 4.78 is 0. The van der Waals surface area contributed by atoms with Gasteiger partial charge in [0.05, 0.1) is 0 Å². The molecule has 0 bridgehead atoms. The van der Waals surface area contributed by atoms with Gasteiger partial charge in [0.2, 0.25) is 0 Å². The molecule has 2 heteroatoms. The van der Waals surface area contributed by atoms with Crippen molar-refractivity contribution in [3.8, 4) is 0 Å². The van der Waals surface area contributed by atoms with Crippen molar-refractivity contribution in [1.82, 2.24) is 0 Å². The molecule has 0 amide bonds. The summed E-state index contributed by atoms with van der Waals surface area (Å²) in [6, 6.07) is 8.28. The van der Waals surface area contributed by atoms with Crippen molar-refractivity contribution in [2.45, 2.75) is 26.7 Å². The molecule has 1 atom stereocenters. The van der Waals surface area contributed by atoms with Crippen LogP contribution < -0.4 is 11.3 Å². The van der Waals surface area contributed by atoms with E-state index >= 15 is 0 Å². The number of hydrogen-bond donors (Lipinski definition) is 2. The molecule has 0 saturated carbocycles. The monoisotopic (exact) mass is 178 g/mol. The van der Waals surface area contributed by atoms with E-state index in [-0.39, 0.29) is 0 Å². The van der Waals surface area contributed by atoms with Gasteiger partial charge in [-0.1, -0.05) is 32.4 Å². The Balaban J connectivity index is 2.58. The average molecular weight is 178 g/mol. The van der Waals surface area contributed by atoms with Crippen LogP contribution in [-0.2, 0) is 6.42 Å². The zero-order chi connectivity index (χ0) is 9.68. The molecule has 0 saturated heterocycles. The molecule has 3 N–H and O–H groups in total. The van der Waals surface area contributed by atoms with Gasteiger partial charge in [-0.25, -0.2) is 0 Å². The van der Waals surface area contributed by atoms with Gasteiger partial charge >= 0.3 is 0 Å². The lowest BCUT2D eigenvalue weighted by atomic mass is 9.99. The molecule has 0 heterocycles. The minimum absolute atomic E-state index is 0.761. The molecular weight excluding hydrogens is 160 g/mol. The standard InChI is InChI=1S/C11H18N2/c1-3-9(2)8-10-4-6-11(13-12)7-5-10/h4-7,9,13H,3,8,12H2,1-2H3/t9-/m1/s1. The summed E-state index contributed by atoms with van der Waals surface area (Å²) in [7, 11) is 0. The van der Waals surface area contributed by atoms with Crippen molar-refractivity contribution in [2.24, 2.45) is 11.8 Å². The van der Waals surface area contributed by atoms with Crippen LogP contribution in [0.25, 0.3) is 0 Å². The van der Waals surface area contributed by atoms with Crippen LogP contribution in [-0.4, -0.2) is 0 Å². The molecule has 0 aromatic heterocycles. The van der Waals surface area contributed by atoms with Gasteiger partial charge in [0.1, 0.15) is 0 Å². The van der Waals surface area contributed by atoms with Gasteiger partial charge < -0.3 is 5.43 Å². The fourth-order valence-corrected chi connectivity index (χ4v) is 1.28. The van der Waals surface area contributed by atoms with Crippen LogP contribution in [0.4, 0.5) is 5.69 Å². The van der Waals surface area contributed by atoms with Gasteiger partial charge in [-0.15, -0.1) is 0 Å². The summed E-state index contributed by atoms with van der Waals surface area (Å²) >= 11 is 0. The summed E-state index contributed by atoms with van der Waals surface area (Å²) in [6.45, 7) is 4.50. The second kappa shape index (κ2) is 4.87. The fourth-order valence-electron chi connectivity index (χ4n) is 1.28. The number of nitrogens with two attached hydrogens (primary N) is 1. The van der Waals surface area contributed by atoms with Crippen LogP contribution in [0.1, 0.15) is 25.8 Å². The lowest BCUT2D eigenvalue weighted by Crippen LogP contribution is -2.06. The van der Waals surface area contributed by atoms with Crippen LogP contribution in [0.2, 0.25) is 0 Å². The second-order valence-electron chi connectivity index (χ2n) is 3.56. The number of hydrazine groups is 1. The Kier molecular flexibility index (Phi) is 3.77. The quantitative estimate of drug-likeness (QED) is 0.549. The normalized spacial score (nSPS) is 12.5. The van der Waals surface area contributed by atoms with E-state index in [4.69, 9.17) is 5.84 Å². The van der Waals surface area contributed by atoms with Crippen LogP contribution in [0.3, 0.4) is 0 Å². The maximum atomic E-state index is 5.28. The Bertz CT molecular complexity index is 241. The molecule has 1 aromatic rings. The van der Waals surface area contributed by atoms with E-state index in [1.165, 1.54) is 12.0 Å². The molecule has 0 fully saturated rings. The van der Waals surface area contributed by atoms with E-state index in [0.29, 0.717) is 0 Å². The Labute approximate surface area is 80.1 Å². The van der Waals surface area contributed by atoms with Crippen LogP contribution in [0, 0.1) is 5.92 Å². The summed E-state index contributed by atoms with van der Waals surface area (Å²) in [4.78, 5) is 0. The van der Waals surface area contributed by atoms with Crippen molar-refractivity contribution in [1.29, 1.82) is 0 Å². The van der Waals surface area contributed by atoms with Crippen LogP contribution in [0.5, 0.6) is 0 Å². The predicted octanol–water partition coefficient (Wildman–Crippen LogP) is 2.56. The fraction of sp³-hybridized carbons (Fsp3) is 0.455. The van der Waals surface area contributed by atoms with Gasteiger partial charge in [0, 0.05) is 5.69 Å². The number of nitrogens with one attached hydrogen (secondary N) is 1. The molecule has 1 rings (SSSR count). The number of benzene rings is 1. The molecule has 0 spiro atoms. The lowest BCUT2D eigenvalue weighted by Gasteiger charge is -2.08. The molecule has 0 aliphatic carbocycles. The zero-order valence-corrected chi connectivity index (χ0v) is 8.38. The first-order valence-corrected chi connectivity index (χ1v) is 4.81. The number of anilines is 1. The van der Waals surface area contributed by atoms with Crippen molar-refractivity contribution in [3.05, 3.63) is 29.8 Å². The SMILES string of the molecule is CC[C@@H](C)Cc1ccc(NN)cc1. The number of rotatable bonds is 4. The average Bonchev–Trinajstić information content (AvgIpc) is 2.19. The van der Waals surface area contributed by atoms with Crippen molar-refractivity contribution in [3.63, 3.8) is 0 Å². The van der Waals surface area contributed by atoms with Gasteiger partial charge in [-0.3, -0.25) is 5.84 Å². The van der Waals surface area contributed by atoms with Crippen molar-refractivity contribution in [2.75, 3.05) is 5.43 Å². The zero-order valence-electron chi connectivity index (χ0n) is 8.38. The predicted molar refractivity (Wildman–Crippen MR) is 57.4 cm³/mol. The number of hydrogen-bond acceptors (Lipinski definition) is 2. The molecule has 72 valence electrons. The minimum atomic E-state index is 0.761. The first-order valence-electron chi connectivity index (χ1n) is 4.81. The Morgan fingerprint density at radius 3 is 2.38 bits per heavy atom. The third-order valence-electron chi connectivity index (χ3n) is 2.40. The molecule has 0 unspecified atom stereocenters. The highest BCUT2D eigenvalue weighted by atomic mass is 15.2. The van der Waals surface area contributed by atoms with E-state index in [0.717, 1.165) is 18.0 Å². The Hall–Kier alpha value is -1.02. The minimum Gasteiger partial charge on any atom is -0.324 e. The van der Waals surface area contributed by atoms with E-state index in [1.807, 2.05) is 12.1 Å². The van der Waals surface area contributed by atoms with Crippen LogP contribution in [0.15, 0.2) is 24.3 Å². The van der Waals surface area contributed by atoms with Gasteiger partial charge in [0.25, 0.3) is 0 Å². The molecule has 1 aromatic carbocycles. The molecular formula is C11H18N2. The maximum absolute atomic E-state index is 5.28. The molecule has 13 heavy (non-hydrogen) atoms. The smallest absolute Gasteiger partial charge is 0.0485 e. The summed E-state index contributed by atoms with van der Waals surface area (Å²) in [5, 5.41) is 0. The van der Waals surface area contributed by atoms with E-state index < -0.39 is 0 Å². The van der Waals surface area contributed by atoms with Gasteiger partial charge in [-0.2, -0.15) is 0 Å². The first-order chi connectivity index (χ1) is 6.26. The molecule has 0 aliphatic rings. The third-order valence-corrected chi connectivity index (χ3v) is 2.40. The topological polar surface area (TPSA) is 38.0 Å². The van der Waals surface area contributed by atoms with Crippen molar-refractivity contribution >= 4 is 5.69 Å². The molecule has 2 nitrogen and oxygen atoms in total. The maximum Gasteiger partial charge on any atom is 0.0485 e. The Morgan fingerprint density at radius 2 is 1.92 bits per heavy atom. The van der Waals surface area contributed by atoms with Crippen molar-refractivity contribution < 1.29 is 0 Å². The van der Waals surface area contributed by atoms with E-state index in [1.54, 1.807) is 0 Å². The lowest BCUT2D eigenvalue weighted by molar-refractivity contribution is 0.560. The molecule has 0 radical (unpaired) electrons. The van der Waals surface area contributed by atoms with Gasteiger partial charge in [0.15, 0.2) is 0 Å². The number of nitrogen functional groups attached to an aromatic ring is 1. The summed E-state index contributed by atoms with van der Waals surface area (Å²) in [6.07, 6.45) is 2.39. The summed E-state index contributed by atoms with van der Waals surface area (Å²) in [5.41, 5.74) is 4.97. The highest BCUT2D eigenvalue weighted by Crippen LogP contribution is 2.13. The largest absolute Gasteiger partial charge is 0.324 e. The third kappa shape index (κ3) is 3.07. The first kappa shape index (κ1) is 10.1. The highest BCUT2D eigenvalue weighted by Gasteiger charge is 2.00. The van der Waals surface area contributed by atoms with E-state index in [9.17, 15) is 0 Å². The highest BCUT2D eigenvalue weighted by molar-refractivity contribution is 5.43. The second-order valence-corrected chi connectivity index (χ2v) is 3.56. The summed E-state index contributed by atoms with van der Waals surface area (Å²) in [5.74, 6) is 6.04. The van der Waals surface area contributed by atoms with Gasteiger partial charge in [-0.05, 0) is 30.0 Å². The Morgan fingerprint density at radius 1 is 1.31 bits per heavy atom.